The van der Waals surface area contributed by atoms with Gasteiger partial charge in [0, 0.05) is 18.8 Å². The van der Waals surface area contributed by atoms with Crippen molar-refractivity contribution in [1.29, 1.82) is 0 Å². The summed E-state index contributed by atoms with van der Waals surface area (Å²) in [5, 5.41) is 6.72. The van der Waals surface area contributed by atoms with Gasteiger partial charge in [0.2, 0.25) is 0 Å². The summed E-state index contributed by atoms with van der Waals surface area (Å²) < 4.78 is 1.50. The van der Waals surface area contributed by atoms with Crippen molar-refractivity contribution in [2.24, 2.45) is 7.05 Å². The maximum absolute atomic E-state index is 12.2. The maximum Gasteiger partial charge on any atom is 0.275 e. The highest BCUT2D eigenvalue weighted by molar-refractivity contribution is 6.02. The van der Waals surface area contributed by atoms with Gasteiger partial charge in [0.25, 0.3) is 5.91 Å². The minimum absolute atomic E-state index is 0.274. The molecule has 0 bridgehead atoms. The van der Waals surface area contributed by atoms with E-state index in [1.165, 1.54) is 10.2 Å². The third-order valence-electron chi connectivity index (χ3n) is 3.91. The van der Waals surface area contributed by atoms with Gasteiger partial charge in [-0.2, -0.15) is 5.10 Å². The average Bonchev–Trinajstić information content (AvgIpc) is 3.01. The van der Waals surface area contributed by atoms with E-state index in [0.717, 1.165) is 17.5 Å². The van der Waals surface area contributed by atoms with Gasteiger partial charge in [-0.05, 0) is 35.7 Å². The predicted molar refractivity (Wildman–Crippen MR) is 94.6 cm³/mol. The van der Waals surface area contributed by atoms with E-state index in [0.29, 0.717) is 17.3 Å². The average molecular weight is 321 g/mol. The van der Waals surface area contributed by atoms with Gasteiger partial charge in [0.1, 0.15) is 17.3 Å². The van der Waals surface area contributed by atoms with Crippen molar-refractivity contribution >= 4 is 17.5 Å². The molecule has 122 valence electrons. The van der Waals surface area contributed by atoms with E-state index in [-0.39, 0.29) is 5.91 Å². The van der Waals surface area contributed by atoms with Gasteiger partial charge >= 0.3 is 0 Å². The van der Waals surface area contributed by atoms with Crippen molar-refractivity contribution in [3.8, 4) is 11.1 Å². The Balaban J connectivity index is 1.88. The van der Waals surface area contributed by atoms with Crippen LogP contribution in [-0.4, -0.2) is 20.7 Å². The standard InChI is InChI=1S/C18H19N5O/c1-3-12-6-4-5-7-13(12)14-8-9-16(21-17(14)19)22-18(24)15-10-11-20-23(15)2/h4-11H,3H2,1-2H3,(H3,19,21,22,24). The van der Waals surface area contributed by atoms with Crippen LogP contribution in [0.5, 0.6) is 0 Å². The fourth-order valence-electron chi connectivity index (χ4n) is 2.64. The van der Waals surface area contributed by atoms with Gasteiger partial charge in [-0.25, -0.2) is 4.98 Å². The highest BCUT2D eigenvalue weighted by atomic mass is 16.2. The second-order valence-corrected chi connectivity index (χ2v) is 5.43. The van der Waals surface area contributed by atoms with Gasteiger partial charge in [-0.15, -0.1) is 0 Å². The minimum atomic E-state index is -0.274. The lowest BCUT2D eigenvalue weighted by Crippen LogP contribution is -2.17. The van der Waals surface area contributed by atoms with Crippen LogP contribution < -0.4 is 11.1 Å². The Kier molecular flexibility index (Phi) is 4.29. The third kappa shape index (κ3) is 2.99. The summed E-state index contributed by atoms with van der Waals surface area (Å²) in [6.45, 7) is 2.10. The molecule has 3 rings (SSSR count). The molecule has 2 aromatic heterocycles. The van der Waals surface area contributed by atoms with E-state index in [1.807, 2.05) is 24.3 Å². The van der Waals surface area contributed by atoms with Crippen LogP contribution in [-0.2, 0) is 13.5 Å². The van der Waals surface area contributed by atoms with Crippen LogP contribution in [0.15, 0.2) is 48.7 Å². The molecule has 6 nitrogen and oxygen atoms in total. The molecule has 0 aliphatic heterocycles. The molecule has 1 aromatic carbocycles. The van der Waals surface area contributed by atoms with Crippen LogP contribution in [0.4, 0.5) is 11.6 Å². The number of hydrogen-bond acceptors (Lipinski definition) is 4. The van der Waals surface area contributed by atoms with E-state index in [1.54, 1.807) is 25.4 Å². The van der Waals surface area contributed by atoms with Crippen molar-refractivity contribution in [1.82, 2.24) is 14.8 Å². The highest BCUT2D eigenvalue weighted by Crippen LogP contribution is 2.29. The van der Waals surface area contributed by atoms with Crippen LogP contribution in [0.3, 0.4) is 0 Å². The third-order valence-corrected chi connectivity index (χ3v) is 3.91. The number of nitrogens with zero attached hydrogens (tertiary/aromatic N) is 3. The molecule has 6 heteroatoms. The molecule has 0 saturated heterocycles. The number of rotatable bonds is 4. The monoisotopic (exact) mass is 321 g/mol. The van der Waals surface area contributed by atoms with Gasteiger partial charge < -0.3 is 11.1 Å². The summed E-state index contributed by atoms with van der Waals surface area (Å²) >= 11 is 0. The Morgan fingerprint density at radius 3 is 2.62 bits per heavy atom. The van der Waals surface area contributed by atoms with E-state index < -0.39 is 0 Å². The van der Waals surface area contributed by atoms with Gasteiger partial charge in [0.05, 0.1) is 0 Å². The molecule has 0 aliphatic carbocycles. The second kappa shape index (κ2) is 6.54. The lowest BCUT2D eigenvalue weighted by Gasteiger charge is -2.12. The Bertz CT molecular complexity index is 885. The molecule has 1 amide bonds. The van der Waals surface area contributed by atoms with Crippen LogP contribution in [0.2, 0.25) is 0 Å². The molecule has 0 saturated carbocycles. The first-order chi connectivity index (χ1) is 11.6. The molecule has 3 N–H and O–H groups in total. The summed E-state index contributed by atoms with van der Waals surface area (Å²) in [5.41, 5.74) is 9.71. The number of hydrogen-bond donors (Lipinski definition) is 2. The van der Waals surface area contributed by atoms with Crippen molar-refractivity contribution in [3.05, 3.63) is 59.9 Å². The van der Waals surface area contributed by atoms with Crippen LogP contribution >= 0.6 is 0 Å². The van der Waals surface area contributed by atoms with Crippen molar-refractivity contribution in [2.75, 3.05) is 11.1 Å². The summed E-state index contributed by atoms with van der Waals surface area (Å²) in [6.07, 6.45) is 2.48. The maximum atomic E-state index is 12.2. The molecule has 0 spiro atoms. The first-order valence-corrected chi connectivity index (χ1v) is 7.74. The molecular weight excluding hydrogens is 302 g/mol. The number of amides is 1. The number of aryl methyl sites for hydroxylation is 2. The molecule has 3 aromatic rings. The van der Waals surface area contributed by atoms with Crippen molar-refractivity contribution < 1.29 is 4.79 Å². The molecule has 2 heterocycles. The Labute approximate surface area is 140 Å². The van der Waals surface area contributed by atoms with Gasteiger partial charge in [0.15, 0.2) is 0 Å². The molecule has 0 radical (unpaired) electrons. The van der Waals surface area contributed by atoms with Gasteiger partial charge in [-0.3, -0.25) is 9.48 Å². The Morgan fingerprint density at radius 1 is 1.17 bits per heavy atom. The number of nitrogens with two attached hydrogens (primary N) is 1. The zero-order valence-corrected chi connectivity index (χ0v) is 13.7. The lowest BCUT2D eigenvalue weighted by atomic mass is 9.99. The number of nitrogen functional groups attached to an aromatic ring is 1. The first kappa shape index (κ1) is 15.7. The molecule has 0 unspecified atom stereocenters. The number of carbonyl (C=O) groups excluding carboxylic acids is 1. The zero-order chi connectivity index (χ0) is 17.1. The van der Waals surface area contributed by atoms with Crippen LogP contribution in [0, 0.1) is 0 Å². The molecule has 0 fully saturated rings. The number of pyridine rings is 1. The Hall–Kier alpha value is -3.15. The molecule has 0 atom stereocenters. The van der Waals surface area contributed by atoms with Crippen LogP contribution in [0.1, 0.15) is 23.0 Å². The van der Waals surface area contributed by atoms with Crippen molar-refractivity contribution in [3.63, 3.8) is 0 Å². The second-order valence-electron chi connectivity index (χ2n) is 5.43. The number of nitrogens with one attached hydrogen (secondary N) is 1. The first-order valence-electron chi connectivity index (χ1n) is 7.74. The molecule has 24 heavy (non-hydrogen) atoms. The number of anilines is 2. The number of aromatic nitrogens is 3. The van der Waals surface area contributed by atoms with Crippen LogP contribution in [0.25, 0.3) is 11.1 Å². The summed E-state index contributed by atoms with van der Waals surface area (Å²) in [7, 11) is 1.71. The SMILES string of the molecule is CCc1ccccc1-c1ccc(NC(=O)c2ccnn2C)nc1N. The quantitative estimate of drug-likeness (QED) is 0.773. The largest absolute Gasteiger partial charge is 0.383 e. The molecule has 0 aliphatic rings. The molecular formula is C18H19N5O. The Morgan fingerprint density at radius 2 is 1.96 bits per heavy atom. The van der Waals surface area contributed by atoms with Gasteiger partial charge in [-0.1, -0.05) is 31.2 Å². The summed E-state index contributed by atoms with van der Waals surface area (Å²) in [5.74, 6) is 0.527. The smallest absolute Gasteiger partial charge is 0.275 e. The van der Waals surface area contributed by atoms with Crippen molar-refractivity contribution in [2.45, 2.75) is 13.3 Å². The number of carbonyl (C=O) groups is 1. The summed E-state index contributed by atoms with van der Waals surface area (Å²) in [4.78, 5) is 16.5. The fourth-order valence-corrected chi connectivity index (χ4v) is 2.64. The van der Waals surface area contributed by atoms with E-state index >= 15 is 0 Å². The minimum Gasteiger partial charge on any atom is -0.383 e. The predicted octanol–water partition coefficient (Wildman–Crippen LogP) is 2.88. The van der Waals surface area contributed by atoms with E-state index in [9.17, 15) is 4.79 Å². The fraction of sp³-hybridized carbons (Fsp3) is 0.167. The summed E-state index contributed by atoms with van der Waals surface area (Å²) in [6, 6.07) is 13.4. The topological polar surface area (TPSA) is 85.8 Å². The van der Waals surface area contributed by atoms with E-state index in [4.69, 9.17) is 5.73 Å². The zero-order valence-electron chi connectivity index (χ0n) is 13.7. The highest BCUT2D eigenvalue weighted by Gasteiger charge is 2.13. The van der Waals surface area contributed by atoms with E-state index in [2.05, 4.69) is 28.4 Å². The number of benzene rings is 1. The normalized spacial score (nSPS) is 10.6. The lowest BCUT2D eigenvalue weighted by molar-refractivity contribution is 0.101.